The summed E-state index contributed by atoms with van der Waals surface area (Å²) >= 11 is 0. The van der Waals surface area contributed by atoms with E-state index in [2.05, 4.69) is 36.1 Å². The van der Waals surface area contributed by atoms with E-state index in [1.807, 2.05) is 24.0 Å². The number of rotatable bonds is 7. The van der Waals surface area contributed by atoms with Gasteiger partial charge < -0.3 is 14.8 Å². The minimum absolute atomic E-state index is 0.641. The van der Waals surface area contributed by atoms with Gasteiger partial charge in [0.25, 0.3) is 0 Å². The van der Waals surface area contributed by atoms with Gasteiger partial charge in [0.05, 0.1) is 0 Å². The van der Waals surface area contributed by atoms with E-state index in [0.29, 0.717) is 6.04 Å². The Morgan fingerprint density at radius 3 is 2.75 bits per heavy atom. The zero-order valence-corrected chi connectivity index (χ0v) is 10.9. The van der Waals surface area contributed by atoms with Crippen molar-refractivity contribution < 1.29 is 0 Å². The van der Waals surface area contributed by atoms with Crippen LogP contribution in [-0.2, 0) is 7.05 Å². The van der Waals surface area contributed by atoms with Crippen LogP contribution in [0.1, 0.15) is 26.7 Å². The monoisotopic (exact) mass is 224 g/mol. The smallest absolute Gasteiger partial charge is 0.202 e. The Morgan fingerprint density at radius 2 is 2.19 bits per heavy atom. The van der Waals surface area contributed by atoms with Gasteiger partial charge in [0.1, 0.15) is 0 Å². The van der Waals surface area contributed by atoms with E-state index < -0.39 is 0 Å². The summed E-state index contributed by atoms with van der Waals surface area (Å²) in [6, 6.07) is 0.641. The molecular weight excluding hydrogens is 200 g/mol. The number of imidazole rings is 1. The highest BCUT2D eigenvalue weighted by Gasteiger charge is 2.02. The number of nitrogens with one attached hydrogen (secondary N) is 1. The fourth-order valence-electron chi connectivity index (χ4n) is 1.48. The van der Waals surface area contributed by atoms with Crippen LogP contribution in [-0.4, -0.2) is 40.6 Å². The zero-order valence-electron chi connectivity index (χ0n) is 10.9. The van der Waals surface area contributed by atoms with Crippen LogP contribution in [0.15, 0.2) is 12.4 Å². The van der Waals surface area contributed by atoms with Gasteiger partial charge in [-0.05, 0) is 40.3 Å². The van der Waals surface area contributed by atoms with Crippen LogP contribution < -0.4 is 5.32 Å². The number of aromatic nitrogens is 2. The second-order valence-electron chi connectivity index (χ2n) is 4.57. The molecule has 92 valence electrons. The Labute approximate surface area is 98.7 Å². The van der Waals surface area contributed by atoms with Gasteiger partial charge in [0, 0.05) is 32.0 Å². The van der Waals surface area contributed by atoms with Crippen LogP contribution in [0.25, 0.3) is 0 Å². The van der Waals surface area contributed by atoms with Crippen LogP contribution in [0.3, 0.4) is 0 Å². The standard InChI is InChI=1S/C12H24N4/c1-11(2)15(3)9-6-5-7-13-12-14-8-10-16(12)4/h8,10-11H,5-7,9H2,1-4H3,(H,13,14). The summed E-state index contributed by atoms with van der Waals surface area (Å²) in [6.45, 7) is 6.62. The molecule has 1 aromatic rings. The number of nitrogens with zero attached hydrogens (tertiary/aromatic N) is 3. The van der Waals surface area contributed by atoms with Gasteiger partial charge in [0.2, 0.25) is 5.95 Å². The maximum atomic E-state index is 4.22. The third kappa shape index (κ3) is 4.23. The van der Waals surface area contributed by atoms with Crippen molar-refractivity contribution in [3.63, 3.8) is 0 Å². The molecule has 0 aliphatic carbocycles. The lowest BCUT2D eigenvalue weighted by Gasteiger charge is -2.20. The maximum absolute atomic E-state index is 4.22. The first-order valence-corrected chi connectivity index (χ1v) is 6.02. The van der Waals surface area contributed by atoms with Gasteiger partial charge in [-0.3, -0.25) is 0 Å². The summed E-state index contributed by atoms with van der Waals surface area (Å²) in [6.07, 6.45) is 6.18. The van der Waals surface area contributed by atoms with Crippen molar-refractivity contribution >= 4 is 5.95 Å². The topological polar surface area (TPSA) is 33.1 Å². The SMILES string of the molecule is CC(C)N(C)CCCCNc1nccn1C. The van der Waals surface area contributed by atoms with E-state index in [0.717, 1.165) is 12.5 Å². The number of aryl methyl sites for hydroxylation is 1. The van der Waals surface area contributed by atoms with E-state index in [4.69, 9.17) is 0 Å². The summed E-state index contributed by atoms with van der Waals surface area (Å²) in [5.41, 5.74) is 0. The van der Waals surface area contributed by atoms with E-state index in [-0.39, 0.29) is 0 Å². The Bertz CT molecular complexity index is 293. The molecule has 0 fully saturated rings. The first-order valence-electron chi connectivity index (χ1n) is 6.02. The van der Waals surface area contributed by atoms with Gasteiger partial charge in [-0.1, -0.05) is 0 Å². The normalized spacial score (nSPS) is 11.4. The fourth-order valence-corrected chi connectivity index (χ4v) is 1.48. The van der Waals surface area contributed by atoms with E-state index in [1.165, 1.54) is 19.4 Å². The molecule has 4 heteroatoms. The quantitative estimate of drug-likeness (QED) is 0.719. The zero-order chi connectivity index (χ0) is 12.0. The number of unbranched alkanes of at least 4 members (excludes halogenated alkanes) is 1. The minimum atomic E-state index is 0.641. The number of hydrogen-bond donors (Lipinski definition) is 1. The molecule has 0 radical (unpaired) electrons. The molecule has 1 rings (SSSR count). The van der Waals surface area contributed by atoms with Crippen LogP contribution in [0.4, 0.5) is 5.95 Å². The van der Waals surface area contributed by atoms with Crippen molar-refractivity contribution in [3.8, 4) is 0 Å². The van der Waals surface area contributed by atoms with Crippen molar-refractivity contribution in [2.24, 2.45) is 7.05 Å². The van der Waals surface area contributed by atoms with E-state index in [1.54, 1.807) is 0 Å². The third-order valence-corrected chi connectivity index (χ3v) is 2.92. The van der Waals surface area contributed by atoms with Crippen LogP contribution in [0.2, 0.25) is 0 Å². The lowest BCUT2D eigenvalue weighted by molar-refractivity contribution is 0.269. The molecule has 0 amide bonds. The Kier molecular flexibility index (Phi) is 5.32. The summed E-state index contributed by atoms with van der Waals surface area (Å²) < 4.78 is 2.00. The molecule has 0 atom stereocenters. The van der Waals surface area contributed by atoms with Crippen molar-refractivity contribution in [2.45, 2.75) is 32.7 Å². The maximum Gasteiger partial charge on any atom is 0.202 e. The van der Waals surface area contributed by atoms with E-state index >= 15 is 0 Å². The lowest BCUT2D eigenvalue weighted by Crippen LogP contribution is -2.27. The Morgan fingerprint density at radius 1 is 1.44 bits per heavy atom. The number of anilines is 1. The molecule has 0 unspecified atom stereocenters. The highest BCUT2D eigenvalue weighted by molar-refractivity contribution is 5.24. The molecule has 0 bridgehead atoms. The van der Waals surface area contributed by atoms with Crippen LogP contribution in [0, 0.1) is 0 Å². The molecule has 0 spiro atoms. The van der Waals surface area contributed by atoms with Gasteiger partial charge >= 0.3 is 0 Å². The largest absolute Gasteiger partial charge is 0.356 e. The summed E-state index contributed by atoms with van der Waals surface area (Å²) in [4.78, 5) is 6.59. The second kappa shape index (κ2) is 6.53. The van der Waals surface area contributed by atoms with Gasteiger partial charge in [0.15, 0.2) is 0 Å². The molecule has 0 saturated carbocycles. The van der Waals surface area contributed by atoms with Gasteiger partial charge in [-0.25, -0.2) is 4.98 Å². The molecular formula is C12H24N4. The van der Waals surface area contributed by atoms with Crippen LogP contribution >= 0.6 is 0 Å². The van der Waals surface area contributed by atoms with Crippen molar-refractivity contribution in [1.82, 2.24) is 14.5 Å². The van der Waals surface area contributed by atoms with Gasteiger partial charge in [-0.2, -0.15) is 0 Å². The predicted molar refractivity (Wildman–Crippen MR) is 68.7 cm³/mol. The first kappa shape index (κ1) is 13.0. The second-order valence-corrected chi connectivity index (χ2v) is 4.57. The molecule has 16 heavy (non-hydrogen) atoms. The number of hydrogen-bond acceptors (Lipinski definition) is 3. The summed E-state index contributed by atoms with van der Waals surface area (Å²) in [5.74, 6) is 0.956. The molecule has 0 aliphatic heterocycles. The molecule has 0 aliphatic rings. The molecule has 4 nitrogen and oxygen atoms in total. The molecule has 1 heterocycles. The van der Waals surface area contributed by atoms with E-state index in [9.17, 15) is 0 Å². The highest BCUT2D eigenvalue weighted by atomic mass is 15.2. The summed E-state index contributed by atoms with van der Waals surface area (Å²) in [7, 11) is 4.18. The Balaban J connectivity index is 2.07. The summed E-state index contributed by atoms with van der Waals surface area (Å²) in [5, 5.41) is 3.33. The predicted octanol–water partition coefficient (Wildman–Crippen LogP) is 1.95. The first-order chi connectivity index (χ1) is 7.61. The molecule has 1 N–H and O–H groups in total. The highest BCUT2D eigenvalue weighted by Crippen LogP contribution is 2.02. The van der Waals surface area contributed by atoms with Crippen molar-refractivity contribution in [2.75, 3.05) is 25.5 Å². The van der Waals surface area contributed by atoms with Gasteiger partial charge in [-0.15, -0.1) is 0 Å². The third-order valence-electron chi connectivity index (χ3n) is 2.92. The van der Waals surface area contributed by atoms with Crippen LogP contribution in [0.5, 0.6) is 0 Å². The average Bonchev–Trinajstić information content (AvgIpc) is 2.63. The lowest BCUT2D eigenvalue weighted by atomic mass is 10.2. The molecule has 0 saturated heterocycles. The van der Waals surface area contributed by atoms with Crippen molar-refractivity contribution in [3.05, 3.63) is 12.4 Å². The minimum Gasteiger partial charge on any atom is -0.356 e. The molecule has 1 aromatic heterocycles. The average molecular weight is 224 g/mol. The Hall–Kier alpha value is -1.03. The fraction of sp³-hybridized carbons (Fsp3) is 0.750. The molecule has 0 aromatic carbocycles. The van der Waals surface area contributed by atoms with Crippen molar-refractivity contribution in [1.29, 1.82) is 0 Å².